The third-order valence-electron chi connectivity index (χ3n) is 5.73. The van der Waals surface area contributed by atoms with Crippen molar-refractivity contribution in [2.45, 2.75) is 64.3 Å². The van der Waals surface area contributed by atoms with E-state index in [1.807, 2.05) is 4.90 Å². The normalized spacial score (nSPS) is 18.7. The number of piperidine rings is 1. The molecule has 2 aliphatic rings. The molecule has 1 aliphatic carbocycles. The van der Waals surface area contributed by atoms with Gasteiger partial charge in [0.05, 0.1) is 0 Å². The van der Waals surface area contributed by atoms with Crippen LogP contribution in [0.5, 0.6) is 0 Å². The van der Waals surface area contributed by atoms with Gasteiger partial charge in [0, 0.05) is 31.5 Å². The van der Waals surface area contributed by atoms with E-state index in [-0.39, 0.29) is 23.8 Å². The number of hydrogen-bond donors (Lipinski definition) is 1. The Bertz CT molecular complexity index is 584. The average molecular weight is 342 g/mol. The van der Waals surface area contributed by atoms with E-state index >= 15 is 0 Å². The molecule has 3 rings (SSSR count). The molecule has 1 saturated heterocycles. The lowest BCUT2D eigenvalue weighted by Crippen LogP contribution is -2.48. The van der Waals surface area contributed by atoms with Gasteiger partial charge in [-0.15, -0.1) is 0 Å². The summed E-state index contributed by atoms with van der Waals surface area (Å²) in [6.07, 6.45) is 7.47. The highest BCUT2D eigenvalue weighted by atomic mass is 16.2. The average Bonchev–Trinajstić information content (AvgIpc) is 2.59. The molecule has 1 aromatic rings. The zero-order valence-electron chi connectivity index (χ0n) is 15.3. The van der Waals surface area contributed by atoms with Crippen molar-refractivity contribution in [1.29, 1.82) is 0 Å². The van der Waals surface area contributed by atoms with Crippen molar-refractivity contribution in [2.75, 3.05) is 13.1 Å². The van der Waals surface area contributed by atoms with Gasteiger partial charge in [0.25, 0.3) is 0 Å². The van der Waals surface area contributed by atoms with Gasteiger partial charge in [0.1, 0.15) is 0 Å². The number of carbonyl (C=O) groups excluding carboxylic acids is 2. The summed E-state index contributed by atoms with van der Waals surface area (Å²) in [6, 6.07) is 8.81. The van der Waals surface area contributed by atoms with Crippen LogP contribution in [0.2, 0.25) is 0 Å². The minimum Gasteiger partial charge on any atom is -0.353 e. The summed E-state index contributed by atoms with van der Waals surface area (Å²) in [5, 5.41) is 3.17. The minimum absolute atomic E-state index is 0.228. The molecule has 1 aliphatic heterocycles. The van der Waals surface area contributed by atoms with E-state index in [4.69, 9.17) is 0 Å². The summed E-state index contributed by atoms with van der Waals surface area (Å²) in [5.41, 5.74) is 2.56. The Balaban J connectivity index is 1.38. The van der Waals surface area contributed by atoms with Gasteiger partial charge in [-0.05, 0) is 49.7 Å². The first-order valence-corrected chi connectivity index (χ1v) is 9.81. The molecular weight excluding hydrogens is 312 g/mol. The van der Waals surface area contributed by atoms with Crippen LogP contribution in [-0.4, -0.2) is 35.8 Å². The van der Waals surface area contributed by atoms with E-state index in [1.54, 1.807) is 0 Å². The van der Waals surface area contributed by atoms with Crippen LogP contribution in [0.15, 0.2) is 24.3 Å². The number of hydrogen-bond acceptors (Lipinski definition) is 2. The predicted molar refractivity (Wildman–Crippen MR) is 99.2 cm³/mol. The van der Waals surface area contributed by atoms with Crippen LogP contribution < -0.4 is 5.32 Å². The third kappa shape index (κ3) is 4.83. The molecule has 0 aromatic heterocycles. The van der Waals surface area contributed by atoms with E-state index < -0.39 is 0 Å². The Morgan fingerprint density at radius 3 is 2.24 bits per heavy atom. The fourth-order valence-corrected chi connectivity index (χ4v) is 3.61. The van der Waals surface area contributed by atoms with E-state index in [2.05, 4.69) is 36.5 Å². The molecule has 1 heterocycles. The number of aryl methyl sites for hydroxylation is 2. The Labute approximate surface area is 151 Å². The van der Waals surface area contributed by atoms with Gasteiger partial charge in [0.2, 0.25) is 11.8 Å². The Kier molecular flexibility index (Phi) is 6.11. The fourth-order valence-electron chi connectivity index (χ4n) is 3.61. The Morgan fingerprint density at radius 2 is 1.68 bits per heavy atom. The number of nitrogens with one attached hydrogen (secondary N) is 1. The van der Waals surface area contributed by atoms with Gasteiger partial charge in [0.15, 0.2) is 0 Å². The molecule has 25 heavy (non-hydrogen) atoms. The predicted octanol–water partition coefficient (Wildman–Crippen LogP) is 3.09. The molecule has 0 atom stereocenters. The summed E-state index contributed by atoms with van der Waals surface area (Å²) in [5.74, 6) is 0.716. The maximum absolute atomic E-state index is 12.4. The number of rotatable bonds is 6. The number of carbonyl (C=O) groups is 2. The first kappa shape index (κ1) is 18.0. The zero-order valence-corrected chi connectivity index (χ0v) is 15.3. The molecule has 136 valence electrons. The smallest absolute Gasteiger partial charge is 0.223 e. The summed E-state index contributed by atoms with van der Waals surface area (Å²) in [7, 11) is 0. The van der Waals surface area contributed by atoms with Crippen LogP contribution >= 0.6 is 0 Å². The number of benzene rings is 1. The molecule has 0 unspecified atom stereocenters. The molecule has 2 fully saturated rings. The lowest BCUT2D eigenvalue weighted by Gasteiger charge is -2.34. The molecular formula is C21H30N2O2. The maximum Gasteiger partial charge on any atom is 0.223 e. The maximum atomic E-state index is 12.4. The van der Waals surface area contributed by atoms with Gasteiger partial charge in [-0.1, -0.05) is 37.6 Å². The first-order valence-electron chi connectivity index (χ1n) is 9.81. The van der Waals surface area contributed by atoms with Crippen molar-refractivity contribution < 1.29 is 9.59 Å². The van der Waals surface area contributed by atoms with E-state index in [0.717, 1.165) is 51.6 Å². The van der Waals surface area contributed by atoms with Crippen molar-refractivity contribution in [1.82, 2.24) is 10.2 Å². The highest BCUT2D eigenvalue weighted by Crippen LogP contribution is 2.26. The van der Waals surface area contributed by atoms with Gasteiger partial charge >= 0.3 is 0 Å². The van der Waals surface area contributed by atoms with Crippen LogP contribution in [0.25, 0.3) is 0 Å². The number of amides is 2. The van der Waals surface area contributed by atoms with Gasteiger partial charge in [-0.2, -0.15) is 0 Å². The van der Waals surface area contributed by atoms with E-state index in [9.17, 15) is 9.59 Å². The second-order valence-corrected chi connectivity index (χ2v) is 7.46. The van der Waals surface area contributed by atoms with Gasteiger partial charge < -0.3 is 10.2 Å². The molecule has 1 saturated carbocycles. The molecule has 1 N–H and O–H groups in total. The number of likely N-dealkylation sites (tertiary alicyclic amines) is 1. The van der Waals surface area contributed by atoms with E-state index in [0.29, 0.717) is 6.42 Å². The van der Waals surface area contributed by atoms with Gasteiger partial charge in [-0.3, -0.25) is 9.59 Å². The lowest BCUT2D eigenvalue weighted by molar-refractivity contribution is -0.132. The SMILES string of the molecule is CCc1ccc(CCC(=O)N2CCC(NC(=O)C3CCC3)CC2)cc1. The zero-order chi connectivity index (χ0) is 17.6. The lowest BCUT2D eigenvalue weighted by atomic mass is 9.84. The van der Waals surface area contributed by atoms with Crippen molar-refractivity contribution in [3.8, 4) is 0 Å². The monoisotopic (exact) mass is 342 g/mol. The Morgan fingerprint density at radius 1 is 1.04 bits per heavy atom. The summed E-state index contributed by atoms with van der Waals surface area (Å²) in [6.45, 7) is 3.68. The largest absolute Gasteiger partial charge is 0.353 e. The third-order valence-corrected chi connectivity index (χ3v) is 5.73. The van der Waals surface area contributed by atoms with Crippen LogP contribution in [0.1, 0.15) is 56.6 Å². The second kappa shape index (κ2) is 8.50. The molecule has 1 aromatic carbocycles. The van der Waals surface area contributed by atoms with Crippen LogP contribution in [0.4, 0.5) is 0 Å². The molecule has 0 radical (unpaired) electrons. The summed E-state index contributed by atoms with van der Waals surface area (Å²) >= 11 is 0. The molecule has 4 nitrogen and oxygen atoms in total. The highest BCUT2D eigenvalue weighted by molar-refractivity contribution is 5.80. The second-order valence-electron chi connectivity index (χ2n) is 7.46. The van der Waals surface area contributed by atoms with Crippen molar-refractivity contribution in [3.63, 3.8) is 0 Å². The van der Waals surface area contributed by atoms with Crippen molar-refractivity contribution in [3.05, 3.63) is 35.4 Å². The molecule has 2 amide bonds. The van der Waals surface area contributed by atoms with Crippen LogP contribution in [-0.2, 0) is 22.4 Å². The number of nitrogens with zero attached hydrogens (tertiary/aromatic N) is 1. The molecule has 0 bridgehead atoms. The van der Waals surface area contributed by atoms with Crippen molar-refractivity contribution >= 4 is 11.8 Å². The summed E-state index contributed by atoms with van der Waals surface area (Å²) < 4.78 is 0. The fraction of sp³-hybridized carbons (Fsp3) is 0.619. The van der Waals surface area contributed by atoms with Gasteiger partial charge in [-0.25, -0.2) is 0 Å². The standard InChI is InChI=1S/C21H30N2O2/c1-2-16-6-8-17(9-7-16)10-11-20(24)23-14-12-19(13-15-23)22-21(25)18-4-3-5-18/h6-9,18-19H,2-5,10-15H2,1H3,(H,22,25). The topological polar surface area (TPSA) is 49.4 Å². The minimum atomic E-state index is 0.228. The van der Waals surface area contributed by atoms with Crippen LogP contribution in [0.3, 0.4) is 0 Å². The Hall–Kier alpha value is -1.84. The highest BCUT2D eigenvalue weighted by Gasteiger charge is 2.29. The molecule has 4 heteroatoms. The first-order chi connectivity index (χ1) is 12.2. The van der Waals surface area contributed by atoms with E-state index in [1.165, 1.54) is 17.5 Å². The van der Waals surface area contributed by atoms with Crippen LogP contribution in [0, 0.1) is 5.92 Å². The summed E-state index contributed by atoms with van der Waals surface area (Å²) in [4.78, 5) is 26.4. The quantitative estimate of drug-likeness (QED) is 0.864. The molecule has 0 spiro atoms. The van der Waals surface area contributed by atoms with Crippen molar-refractivity contribution in [2.24, 2.45) is 5.92 Å².